The average molecular weight is 384 g/mol. The Morgan fingerprint density at radius 3 is 1.30 bits per heavy atom. The summed E-state index contributed by atoms with van der Waals surface area (Å²) in [6, 6.07) is 12.6. The summed E-state index contributed by atoms with van der Waals surface area (Å²) in [5, 5.41) is 21.2. The number of alkyl halides is 1. The van der Waals surface area contributed by atoms with Gasteiger partial charge in [-0.05, 0) is 11.1 Å². The summed E-state index contributed by atoms with van der Waals surface area (Å²) in [5.41, 5.74) is 1.90. The van der Waals surface area contributed by atoms with Crippen molar-refractivity contribution in [3.05, 3.63) is 79.9 Å². The minimum Gasteiger partial charge on any atom is -0.258 e. The normalized spacial score (nSPS) is 10.5. The number of hydrogen-bond acceptors (Lipinski definition) is 4. The highest BCUT2D eigenvalue weighted by atomic mass is 127. The van der Waals surface area contributed by atoms with Crippen molar-refractivity contribution in [1.82, 2.24) is 0 Å². The smallest absolute Gasteiger partial charge is 0.258 e. The molecule has 0 radical (unpaired) electrons. The Morgan fingerprint density at radius 1 is 0.750 bits per heavy atom. The molecule has 0 aliphatic heterocycles. The van der Waals surface area contributed by atoms with E-state index in [1.54, 1.807) is 24.3 Å². The summed E-state index contributed by atoms with van der Waals surface area (Å²) in [4.78, 5) is 20.3. The van der Waals surface area contributed by atoms with E-state index in [0.717, 1.165) is 11.1 Å². The number of hydrogen-bond donors (Lipinski definition) is 0. The maximum atomic E-state index is 10.6. The second-order valence-corrected chi connectivity index (χ2v) is 5.31. The summed E-state index contributed by atoms with van der Waals surface area (Å²) in [5.74, 6) is 0. The molecule has 2 aromatic carbocycles. The van der Waals surface area contributed by atoms with E-state index in [-0.39, 0.29) is 15.3 Å². The minimum atomic E-state index is -0.447. The van der Waals surface area contributed by atoms with Crippen LogP contribution >= 0.6 is 22.6 Å². The Bertz CT molecular complexity index is 583. The van der Waals surface area contributed by atoms with Crippen molar-refractivity contribution in [2.45, 2.75) is 3.92 Å². The van der Waals surface area contributed by atoms with E-state index in [4.69, 9.17) is 0 Å². The van der Waals surface area contributed by atoms with Crippen LogP contribution in [0.15, 0.2) is 48.5 Å². The third-order valence-corrected chi connectivity index (χ3v) is 4.23. The van der Waals surface area contributed by atoms with E-state index in [1.165, 1.54) is 24.3 Å². The molecule has 0 unspecified atom stereocenters. The fourth-order valence-electron chi connectivity index (χ4n) is 1.72. The van der Waals surface area contributed by atoms with Gasteiger partial charge in [-0.15, -0.1) is 0 Å². The van der Waals surface area contributed by atoms with Crippen LogP contribution in [0, 0.1) is 20.2 Å². The molecule has 0 amide bonds. The van der Waals surface area contributed by atoms with Crippen LogP contribution in [0.3, 0.4) is 0 Å². The van der Waals surface area contributed by atoms with E-state index in [9.17, 15) is 20.2 Å². The second kappa shape index (κ2) is 5.95. The SMILES string of the molecule is O=[N+]([O-])c1ccc(C(I)c2ccc([N+](=O)[O-])cc2)cc1. The topological polar surface area (TPSA) is 86.3 Å². The van der Waals surface area contributed by atoms with Crippen LogP contribution in [-0.4, -0.2) is 9.85 Å². The van der Waals surface area contributed by atoms with Gasteiger partial charge in [0.2, 0.25) is 0 Å². The number of nitro benzene ring substituents is 2. The Balaban J connectivity index is 2.24. The lowest BCUT2D eigenvalue weighted by molar-refractivity contribution is -0.385. The first-order valence-electron chi connectivity index (χ1n) is 5.62. The fourth-order valence-corrected chi connectivity index (χ4v) is 2.55. The molecule has 0 saturated heterocycles. The zero-order chi connectivity index (χ0) is 14.7. The lowest BCUT2D eigenvalue weighted by atomic mass is 10.0. The largest absolute Gasteiger partial charge is 0.269 e. The van der Waals surface area contributed by atoms with E-state index in [1.807, 2.05) is 0 Å². The molecule has 7 heteroatoms. The molecule has 0 spiro atoms. The second-order valence-electron chi connectivity index (χ2n) is 4.06. The maximum Gasteiger partial charge on any atom is 0.269 e. The van der Waals surface area contributed by atoms with Crippen molar-refractivity contribution in [2.24, 2.45) is 0 Å². The molecule has 2 rings (SSSR count). The van der Waals surface area contributed by atoms with Gasteiger partial charge in [0.15, 0.2) is 0 Å². The highest BCUT2D eigenvalue weighted by Crippen LogP contribution is 2.32. The summed E-state index contributed by atoms with van der Waals surface area (Å²) in [6.07, 6.45) is 0. The van der Waals surface area contributed by atoms with Gasteiger partial charge in [0.1, 0.15) is 0 Å². The Hall–Kier alpha value is -2.03. The molecule has 0 saturated carbocycles. The van der Waals surface area contributed by atoms with Crippen LogP contribution < -0.4 is 0 Å². The van der Waals surface area contributed by atoms with E-state index in [0.29, 0.717) is 0 Å². The third-order valence-electron chi connectivity index (χ3n) is 2.79. The van der Waals surface area contributed by atoms with Gasteiger partial charge in [0.25, 0.3) is 11.4 Å². The van der Waals surface area contributed by atoms with E-state index >= 15 is 0 Å². The van der Waals surface area contributed by atoms with Gasteiger partial charge >= 0.3 is 0 Å². The molecule has 6 nitrogen and oxygen atoms in total. The molecular weight excluding hydrogens is 375 g/mol. The molecule has 2 aromatic rings. The number of nitrogens with zero attached hydrogens (tertiary/aromatic N) is 2. The first-order chi connectivity index (χ1) is 9.49. The molecule has 102 valence electrons. The molecule has 0 bridgehead atoms. The first kappa shape index (κ1) is 14.4. The van der Waals surface area contributed by atoms with Crippen molar-refractivity contribution in [1.29, 1.82) is 0 Å². The molecule has 0 fully saturated rings. The number of halogens is 1. The predicted octanol–water partition coefficient (Wildman–Crippen LogP) is 4.03. The summed E-state index contributed by atoms with van der Waals surface area (Å²) in [6.45, 7) is 0. The highest BCUT2D eigenvalue weighted by Gasteiger charge is 2.13. The number of rotatable bonds is 4. The number of benzene rings is 2. The van der Waals surface area contributed by atoms with Gasteiger partial charge in [-0.3, -0.25) is 20.2 Å². The third kappa shape index (κ3) is 3.10. The van der Waals surface area contributed by atoms with Crippen molar-refractivity contribution < 1.29 is 9.85 Å². The summed E-state index contributed by atoms with van der Waals surface area (Å²) < 4.78 is -0.0193. The van der Waals surface area contributed by atoms with Gasteiger partial charge in [0.05, 0.1) is 13.8 Å². The van der Waals surface area contributed by atoms with Gasteiger partial charge in [-0.1, -0.05) is 46.9 Å². The molecule has 0 heterocycles. The van der Waals surface area contributed by atoms with Gasteiger partial charge in [-0.2, -0.15) is 0 Å². The lowest BCUT2D eigenvalue weighted by Crippen LogP contribution is -1.95. The minimum absolute atomic E-state index is 0.0193. The average Bonchev–Trinajstić information content (AvgIpc) is 2.46. The van der Waals surface area contributed by atoms with Crippen LogP contribution in [0.25, 0.3) is 0 Å². The molecule has 0 atom stereocenters. The van der Waals surface area contributed by atoms with Crippen molar-refractivity contribution in [2.75, 3.05) is 0 Å². The van der Waals surface area contributed by atoms with Crippen LogP contribution in [0.1, 0.15) is 15.1 Å². The Labute approximate surface area is 127 Å². The summed E-state index contributed by atoms with van der Waals surface area (Å²) >= 11 is 2.19. The Morgan fingerprint density at radius 2 is 1.05 bits per heavy atom. The molecule has 0 aliphatic carbocycles. The maximum absolute atomic E-state index is 10.6. The van der Waals surface area contributed by atoms with Crippen LogP contribution in [-0.2, 0) is 0 Å². The van der Waals surface area contributed by atoms with Gasteiger partial charge < -0.3 is 0 Å². The molecule has 0 N–H and O–H groups in total. The quantitative estimate of drug-likeness (QED) is 0.345. The van der Waals surface area contributed by atoms with Crippen molar-refractivity contribution in [3.8, 4) is 0 Å². The van der Waals surface area contributed by atoms with Crippen molar-refractivity contribution in [3.63, 3.8) is 0 Å². The molecular formula is C13H9IN2O4. The van der Waals surface area contributed by atoms with Crippen LogP contribution in [0.5, 0.6) is 0 Å². The van der Waals surface area contributed by atoms with E-state index in [2.05, 4.69) is 22.6 Å². The fraction of sp³-hybridized carbons (Fsp3) is 0.0769. The Kier molecular flexibility index (Phi) is 4.28. The first-order valence-corrected chi connectivity index (χ1v) is 6.86. The van der Waals surface area contributed by atoms with Crippen LogP contribution in [0.4, 0.5) is 11.4 Å². The zero-order valence-corrected chi connectivity index (χ0v) is 12.3. The summed E-state index contributed by atoms with van der Waals surface area (Å²) in [7, 11) is 0. The van der Waals surface area contributed by atoms with Gasteiger partial charge in [-0.25, -0.2) is 0 Å². The number of nitro groups is 2. The highest BCUT2D eigenvalue weighted by molar-refractivity contribution is 14.1. The number of non-ortho nitro benzene ring substituents is 2. The molecule has 0 aromatic heterocycles. The van der Waals surface area contributed by atoms with Gasteiger partial charge in [0, 0.05) is 24.3 Å². The molecule has 20 heavy (non-hydrogen) atoms. The monoisotopic (exact) mass is 384 g/mol. The predicted molar refractivity (Wildman–Crippen MR) is 82.1 cm³/mol. The van der Waals surface area contributed by atoms with Crippen molar-refractivity contribution >= 4 is 34.0 Å². The zero-order valence-electron chi connectivity index (χ0n) is 10.1. The van der Waals surface area contributed by atoms with E-state index < -0.39 is 9.85 Å². The van der Waals surface area contributed by atoms with Crippen LogP contribution in [0.2, 0.25) is 0 Å². The molecule has 0 aliphatic rings. The standard InChI is InChI=1S/C13H9IN2O4/c14-13(9-1-5-11(6-2-9)15(17)18)10-3-7-12(8-4-10)16(19)20/h1-8,13H. The lowest BCUT2D eigenvalue weighted by Gasteiger charge is -2.10.